The molecule has 0 spiro atoms. The number of aryl methyl sites for hydroxylation is 1. The second-order valence-electron chi connectivity index (χ2n) is 3.83. The number of hydrogen-bond donors (Lipinski definition) is 1. The Balaban J connectivity index is 2.44. The molecule has 1 heterocycles. The van der Waals surface area contributed by atoms with E-state index in [1.165, 1.54) is 4.68 Å². The van der Waals surface area contributed by atoms with E-state index < -0.39 is 6.43 Å². The third-order valence-electron chi connectivity index (χ3n) is 2.58. The van der Waals surface area contributed by atoms with Crippen LogP contribution in [0.25, 0.3) is 11.3 Å². The van der Waals surface area contributed by atoms with Gasteiger partial charge in [0.25, 0.3) is 0 Å². The molecule has 0 aliphatic rings. The van der Waals surface area contributed by atoms with E-state index >= 15 is 0 Å². The van der Waals surface area contributed by atoms with Crippen LogP contribution in [0.2, 0.25) is 0 Å². The molecule has 0 saturated carbocycles. The van der Waals surface area contributed by atoms with Crippen LogP contribution in [-0.2, 0) is 13.5 Å². The van der Waals surface area contributed by atoms with Crippen molar-refractivity contribution in [1.29, 1.82) is 0 Å². The minimum Gasteiger partial charge on any atom is -0.384 e. The topological polar surface area (TPSA) is 43.8 Å². The van der Waals surface area contributed by atoms with Gasteiger partial charge in [0, 0.05) is 25.1 Å². The van der Waals surface area contributed by atoms with E-state index in [4.69, 9.17) is 5.73 Å². The number of hydrogen-bond acceptors (Lipinski definition) is 2. The van der Waals surface area contributed by atoms with Crippen molar-refractivity contribution in [1.82, 2.24) is 9.78 Å². The van der Waals surface area contributed by atoms with E-state index in [0.717, 1.165) is 0 Å². The van der Waals surface area contributed by atoms with Crippen LogP contribution in [0.3, 0.4) is 0 Å². The highest BCUT2D eigenvalue weighted by molar-refractivity contribution is 5.66. The molecular formula is C12H13F2N3. The molecule has 0 fully saturated rings. The molecule has 5 heteroatoms. The fourth-order valence-electron chi connectivity index (χ4n) is 1.73. The van der Waals surface area contributed by atoms with Crippen LogP contribution in [0, 0.1) is 0 Å². The minimum atomic E-state index is -2.36. The monoisotopic (exact) mass is 237 g/mol. The van der Waals surface area contributed by atoms with E-state index in [9.17, 15) is 8.78 Å². The van der Waals surface area contributed by atoms with Crippen molar-refractivity contribution in [3.05, 3.63) is 35.9 Å². The van der Waals surface area contributed by atoms with Crippen LogP contribution < -0.4 is 5.73 Å². The SMILES string of the molecule is Cn1nc(-c2ccccc2CC(F)F)cc1N. The predicted octanol–water partition coefficient (Wildman–Crippen LogP) is 2.48. The van der Waals surface area contributed by atoms with Crippen molar-refractivity contribution < 1.29 is 8.78 Å². The summed E-state index contributed by atoms with van der Waals surface area (Å²) in [5.74, 6) is 0.506. The van der Waals surface area contributed by atoms with Gasteiger partial charge in [-0.05, 0) is 5.56 Å². The first-order chi connectivity index (χ1) is 8.08. The Labute approximate surface area is 97.9 Å². The van der Waals surface area contributed by atoms with E-state index in [-0.39, 0.29) is 6.42 Å². The Kier molecular flexibility index (Phi) is 3.08. The molecule has 3 nitrogen and oxygen atoms in total. The lowest BCUT2D eigenvalue weighted by Gasteiger charge is -2.06. The van der Waals surface area contributed by atoms with Gasteiger partial charge in [0.1, 0.15) is 5.82 Å². The van der Waals surface area contributed by atoms with Crippen LogP contribution >= 0.6 is 0 Å². The van der Waals surface area contributed by atoms with Gasteiger partial charge in [0.15, 0.2) is 0 Å². The molecule has 0 bridgehead atoms. The van der Waals surface area contributed by atoms with Gasteiger partial charge in [0.2, 0.25) is 6.43 Å². The van der Waals surface area contributed by atoms with Gasteiger partial charge in [-0.15, -0.1) is 0 Å². The van der Waals surface area contributed by atoms with E-state index in [0.29, 0.717) is 22.6 Å². The predicted molar refractivity (Wildman–Crippen MR) is 62.8 cm³/mol. The lowest BCUT2D eigenvalue weighted by molar-refractivity contribution is 0.149. The fourth-order valence-corrected chi connectivity index (χ4v) is 1.73. The van der Waals surface area contributed by atoms with Crippen LogP contribution in [0.1, 0.15) is 5.56 Å². The molecule has 0 aliphatic heterocycles. The summed E-state index contributed by atoms with van der Waals surface area (Å²) >= 11 is 0. The smallest absolute Gasteiger partial charge is 0.242 e. The fraction of sp³-hybridized carbons (Fsp3) is 0.250. The van der Waals surface area contributed by atoms with Gasteiger partial charge < -0.3 is 5.73 Å². The first-order valence-electron chi connectivity index (χ1n) is 5.24. The molecule has 2 aromatic rings. The van der Waals surface area contributed by atoms with E-state index in [2.05, 4.69) is 5.10 Å². The summed E-state index contributed by atoms with van der Waals surface area (Å²) in [6, 6.07) is 8.69. The highest BCUT2D eigenvalue weighted by atomic mass is 19.3. The second kappa shape index (κ2) is 4.53. The van der Waals surface area contributed by atoms with Gasteiger partial charge in [-0.25, -0.2) is 8.78 Å². The van der Waals surface area contributed by atoms with E-state index in [1.54, 1.807) is 37.4 Å². The van der Waals surface area contributed by atoms with Gasteiger partial charge in [0.05, 0.1) is 5.69 Å². The van der Waals surface area contributed by atoms with Crippen LogP contribution in [-0.4, -0.2) is 16.2 Å². The van der Waals surface area contributed by atoms with Crippen molar-refractivity contribution in [2.75, 3.05) is 5.73 Å². The number of halogens is 2. The first kappa shape index (κ1) is 11.6. The van der Waals surface area contributed by atoms with Crippen molar-refractivity contribution in [2.24, 2.45) is 7.05 Å². The Hall–Kier alpha value is -1.91. The Bertz CT molecular complexity index is 501. The summed E-state index contributed by atoms with van der Waals surface area (Å²) in [5, 5.41) is 4.20. The quantitative estimate of drug-likeness (QED) is 0.891. The average molecular weight is 237 g/mol. The highest BCUT2D eigenvalue weighted by Gasteiger charge is 2.12. The zero-order valence-corrected chi connectivity index (χ0v) is 9.40. The third kappa shape index (κ3) is 2.43. The number of aromatic nitrogens is 2. The Morgan fingerprint density at radius 3 is 2.65 bits per heavy atom. The summed E-state index contributed by atoms with van der Waals surface area (Å²) in [6.45, 7) is 0. The van der Waals surface area contributed by atoms with E-state index in [1.807, 2.05) is 0 Å². The van der Waals surface area contributed by atoms with Gasteiger partial charge >= 0.3 is 0 Å². The van der Waals surface area contributed by atoms with Crippen LogP contribution in [0.15, 0.2) is 30.3 Å². The summed E-state index contributed by atoms with van der Waals surface area (Å²) in [4.78, 5) is 0. The number of rotatable bonds is 3. The molecular weight excluding hydrogens is 224 g/mol. The molecule has 17 heavy (non-hydrogen) atoms. The Morgan fingerprint density at radius 2 is 2.06 bits per heavy atom. The summed E-state index contributed by atoms with van der Waals surface area (Å²) < 4.78 is 26.4. The molecule has 0 radical (unpaired) electrons. The molecule has 1 aromatic carbocycles. The molecule has 1 aromatic heterocycles. The van der Waals surface area contributed by atoms with Crippen molar-refractivity contribution in [2.45, 2.75) is 12.8 Å². The summed E-state index contributed by atoms with van der Waals surface area (Å²) in [7, 11) is 1.72. The zero-order valence-electron chi connectivity index (χ0n) is 9.40. The second-order valence-corrected chi connectivity index (χ2v) is 3.83. The average Bonchev–Trinajstić information content (AvgIpc) is 2.59. The maximum atomic E-state index is 12.5. The number of nitrogen functional groups attached to an aromatic ring is 1. The molecule has 0 aliphatic carbocycles. The normalized spacial score (nSPS) is 11.1. The highest BCUT2D eigenvalue weighted by Crippen LogP contribution is 2.25. The van der Waals surface area contributed by atoms with Crippen LogP contribution in [0.5, 0.6) is 0 Å². The standard InChI is InChI=1S/C12H13F2N3/c1-17-12(15)7-10(16-17)9-5-3-2-4-8(9)6-11(13)14/h2-5,7,11H,6,15H2,1H3. The van der Waals surface area contributed by atoms with Gasteiger partial charge in [-0.2, -0.15) is 5.10 Å². The molecule has 0 unspecified atom stereocenters. The van der Waals surface area contributed by atoms with Gasteiger partial charge in [-0.1, -0.05) is 24.3 Å². The molecule has 0 amide bonds. The number of nitrogens with zero attached hydrogens (tertiary/aromatic N) is 2. The zero-order chi connectivity index (χ0) is 12.4. The molecule has 90 valence electrons. The number of alkyl halides is 2. The van der Waals surface area contributed by atoms with Crippen LogP contribution in [0.4, 0.5) is 14.6 Å². The van der Waals surface area contributed by atoms with Gasteiger partial charge in [-0.3, -0.25) is 4.68 Å². The lowest BCUT2D eigenvalue weighted by Crippen LogP contribution is -1.99. The molecule has 2 rings (SSSR count). The van der Waals surface area contributed by atoms with Crippen molar-refractivity contribution >= 4 is 5.82 Å². The summed E-state index contributed by atoms with van der Waals surface area (Å²) in [5.41, 5.74) is 7.60. The maximum Gasteiger partial charge on any atom is 0.242 e. The van der Waals surface area contributed by atoms with Crippen molar-refractivity contribution in [3.63, 3.8) is 0 Å². The lowest BCUT2D eigenvalue weighted by atomic mass is 10.0. The largest absolute Gasteiger partial charge is 0.384 e. The minimum absolute atomic E-state index is 0.271. The number of benzene rings is 1. The number of anilines is 1. The molecule has 0 atom stereocenters. The number of nitrogens with two attached hydrogens (primary N) is 1. The maximum absolute atomic E-state index is 12.5. The molecule has 0 saturated heterocycles. The Morgan fingerprint density at radius 1 is 1.35 bits per heavy atom. The first-order valence-corrected chi connectivity index (χ1v) is 5.24. The van der Waals surface area contributed by atoms with Crippen molar-refractivity contribution in [3.8, 4) is 11.3 Å². The molecule has 2 N–H and O–H groups in total. The summed E-state index contributed by atoms with van der Waals surface area (Å²) in [6.07, 6.45) is -2.63. The third-order valence-corrected chi connectivity index (χ3v) is 2.58.